The van der Waals surface area contributed by atoms with Gasteiger partial charge in [0.25, 0.3) is 0 Å². The lowest BCUT2D eigenvalue weighted by molar-refractivity contribution is 0.636. The minimum Gasteiger partial charge on any atom is -0.0623 e. The van der Waals surface area contributed by atoms with E-state index in [0.717, 1.165) is 25.7 Å². The average molecular weight is 547 g/mol. The van der Waals surface area contributed by atoms with E-state index in [0.29, 0.717) is 0 Å². The maximum atomic E-state index is 2.53. The highest BCUT2D eigenvalue weighted by Crippen LogP contribution is 2.45. The smallest absolute Gasteiger partial charge is 0.00200 e. The van der Waals surface area contributed by atoms with Gasteiger partial charge < -0.3 is 0 Å². The van der Waals surface area contributed by atoms with Gasteiger partial charge in [0.15, 0.2) is 0 Å². The first-order chi connectivity index (χ1) is 20.7. The lowest BCUT2D eigenvalue weighted by atomic mass is 9.75. The zero-order valence-electron chi connectivity index (χ0n) is 25.0. The molecule has 0 spiro atoms. The highest BCUT2D eigenvalue weighted by Gasteiger charge is 2.26. The first-order valence-electron chi connectivity index (χ1n) is 16.6. The van der Waals surface area contributed by atoms with Gasteiger partial charge in [-0.15, -0.1) is 0 Å². The van der Waals surface area contributed by atoms with Crippen molar-refractivity contribution in [2.24, 2.45) is 0 Å². The molecule has 22 rings (SSSR count). The summed E-state index contributed by atoms with van der Waals surface area (Å²) in [6.45, 7) is 0. The molecule has 42 heavy (non-hydrogen) atoms. The Bertz CT molecular complexity index is 1670. The second kappa shape index (κ2) is 11.2. The van der Waals surface area contributed by atoms with Crippen molar-refractivity contribution in [2.75, 3.05) is 0 Å². The number of allylic oxidation sites excluding steroid dienone is 28. The van der Waals surface area contributed by atoms with Crippen LogP contribution in [0.25, 0.3) is 0 Å². The lowest BCUT2D eigenvalue weighted by Crippen LogP contribution is -2.11. The van der Waals surface area contributed by atoms with Crippen LogP contribution in [0.3, 0.4) is 0 Å². The Balaban J connectivity index is 1.12. The highest BCUT2D eigenvalue weighted by atomic mass is 14.3. The van der Waals surface area contributed by atoms with E-state index in [-0.39, 0.29) is 0 Å². The SMILES string of the molecule is C1=CC=C2CCCCCCC(=CC=C1)C1=CC(=C3C=C(C3)C3=CC=C(CC3)C3=CC(=C4C=C(C=C5C=C2C5)C4)CC3)C1. The fraction of sp³-hybridized carbons (Fsp3) is 0.333. The summed E-state index contributed by atoms with van der Waals surface area (Å²) in [6, 6.07) is 0. The minimum absolute atomic E-state index is 1.13. The fourth-order valence-corrected chi connectivity index (χ4v) is 7.72. The van der Waals surface area contributed by atoms with Crippen molar-refractivity contribution >= 4 is 0 Å². The standard InChI is InChI=1S/C42H42/c1-3-7-11-32-12-8-4-2-6-10-31(9-5-1)37-20-29(21-37)19-30-22-38(23-30)36-18-17-35(24-36)33-13-15-34(16-14-33)40-27-42(28-40)41-25-39(32)26-41/h1,3,5,7,9,11,13,15,19-20,22,24-25,27H,2,4,6,8,10,12,14,16-18,21,23,26,28H2. The third-order valence-corrected chi connectivity index (χ3v) is 10.5. The summed E-state index contributed by atoms with van der Waals surface area (Å²) >= 11 is 0. The number of rotatable bonds is 0. The van der Waals surface area contributed by atoms with Crippen LogP contribution in [0.5, 0.6) is 0 Å². The molecule has 0 nitrogen and oxygen atoms in total. The molecule has 0 saturated heterocycles. The van der Waals surface area contributed by atoms with Crippen molar-refractivity contribution in [3.05, 3.63) is 163 Å². The van der Waals surface area contributed by atoms with Crippen LogP contribution < -0.4 is 0 Å². The fourth-order valence-electron chi connectivity index (χ4n) is 7.72. The normalized spacial score (nSPS) is 25.3. The number of hydrogen-bond donors (Lipinski definition) is 0. The summed E-state index contributed by atoms with van der Waals surface area (Å²) in [6.07, 6.45) is 50.5. The maximum Gasteiger partial charge on any atom is -0.00200 e. The van der Waals surface area contributed by atoms with Crippen molar-refractivity contribution in [2.45, 2.75) is 89.9 Å². The number of hydrogen-bond acceptors (Lipinski definition) is 0. The molecule has 0 aliphatic heterocycles. The molecule has 210 valence electrons. The molecule has 0 fully saturated rings. The molecule has 0 amide bonds. The Morgan fingerprint density at radius 3 is 1.33 bits per heavy atom. The van der Waals surface area contributed by atoms with Crippen LogP contribution in [0.4, 0.5) is 0 Å². The largest absolute Gasteiger partial charge is 0.0623 e. The van der Waals surface area contributed by atoms with Crippen molar-refractivity contribution in [1.29, 1.82) is 0 Å². The van der Waals surface area contributed by atoms with E-state index >= 15 is 0 Å². The van der Waals surface area contributed by atoms with Gasteiger partial charge in [0.05, 0.1) is 0 Å². The van der Waals surface area contributed by atoms with Gasteiger partial charge in [-0.2, -0.15) is 0 Å². The third kappa shape index (κ3) is 5.22. The summed E-state index contributed by atoms with van der Waals surface area (Å²) in [5.74, 6) is 0. The van der Waals surface area contributed by atoms with E-state index in [4.69, 9.17) is 0 Å². The van der Waals surface area contributed by atoms with Crippen LogP contribution in [0.1, 0.15) is 89.9 Å². The zero-order chi connectivity index (χ0) is 27.9. The maximum absolute atomic E-state index is 2.53. The minimum atomic E-state index is 1.13. The monoisotopic (exact) mass is 546 g/mol. The van der Waals surface area contributed by atoms with Crippen molar-refractivity contribution in [1.82, 2.24) is 0 Å². The molecule has 0 aromatic rings. The molecule has 0 radical (unpaired) electrons. The summed E-state index contributed by atoms with van der Waals surface area (Å²) in [5, 5.41) is 0. The molecule has 0 aromatic heterocycles. The van der Waals surface area contributed by atoms with Gasteiger partial charge >= 0.3 is 0 Å². The molecule has 14 bridgehead atoms. The Kier molecular flexibility index (Phi) is 6.95. The van der Waals surface area contributed by atoms with Crippen molar-refractivity contribution < 1.29 is 0 Å². The summed E-state index contributed by atoms with van der Waals surface area (Å²) < 4.78 is 0. The van der Waals surface area contributed by atoms with Gasteiger partial charge in [0.2, 0.25) is 0 Å². The average Bonchev–Trinajstić information content (AvgIpc) is 3.38. The second-order valence-corrected chi connectivity index (χ2v) is 13.4. The predicted molar refractivity (Wildman–Crippen MR) is 178 cm³/mol. The Morgan fingerprint density at radius 1 is 0.286 bits per heavy atom. The predicted octanol–water partition coefficient (Wildman–Crippen LogP) is 11.5. The van der Waals surface area contributed by atoms with Gasteiger partial charge in [-0.1, -0.05) is 97.9 Å². The Labute approximate surface area is 252 Å². The van der Waals surface area contributed by atoms with Crippen LogP contribution in [0.2, 0.25) is 0 Å². The highest BCUT2D eigenvalue weighted by molar-refractivity contribution is 5.62. The summed E-state index contributed by atoms with van der Waals surface area (Å²) in [7, 11) is 0. The summed E-state index contributed by atoms with van der Waals surface area (Å²) in [4.78, 5) is 0. The van der Waals surface area contributed by atoms with Gasteiger partial charge in [-0.25, -0.2) is 0 Å². The third-order valence-electron chi connectivity index (χ3n) is 10.5. The van der Waals surface area contributed by atoms with Gasteiger partial charge in [-0.05, 0) is 155 Å². The Morgan fingerprint density at radius 2 is 0.738 bits per heavy atom. The molecule has 0 unspecified atom stereocenters. The van der Waals surface area contributed by atoms with E-state index < -0.39 is 0 Å². The topological polar surface area (TPSA) is 0 Å². The molecular weight excluding hydrogens is 504 g/mol. The quantitative estimate of drug-likeness (QED) is 0.283. The van der Waals surface area contributed by atoms with E-state index in [1.54, 1.807) is 66.9 Å². The molecule has 22 aliphatic carbocycles. The van der Waals surface area contributed by atoms with E-state index in [9.17, 15) is 0 Å². The van der Waals surface area contributed by atoms with Crippen LogP contribution in [-0.4, -0.2) is 0 Å². The van der Waals surface area contributed by atoms with Crippen LogP contribution >= 0.6 is 0 Å². The Hall–Kier alpha value is -3.64. The van der Waals surface area contributed by atoms with E-state index in [1.165, 1.54) is 75.4 Å². The second-order valence-electron chi connectivity index (χ2n) is 13.4. The lowest BCUT2D eigenvalue weighted by Gasteiger charge is -2.30. The van der Waals surface area contributed by atoms with Gasteiger partial charge in [-0.3, -0.25) is 0 Å². The van der Waals surface area contributed by atoms with Gasteiger partial charge in [0, 0.05) is 0 Å². The zero-order valence-corrected chi connectivity index (χ0v) is 25.0. The van der Waals surface area contributed by atoms with Gasteiger partial charge in [0.1, 0.15) is 0 Å². The molecule has 0 atom stereocenters. The molecular formula is C42H42. The molecule has 0 N–H and O–H groups in total. The molecule has 22 aliphatic rings. The molecule has 0 heteroatoms. The summed E-state index contributed by atoms with van der Waals surface area (Å²) in [5.41, 5.74) is 21.8. The van der Waals surface area contributed by atoms with Crippen molar-refractivity contribution in [3.8, 4) is 0 Å². The first-order valence-corrected chi connectivity index (χ1v) is 16.6. The van der Waals surface area contributed by atoms with E-state index in [2.05, 4.69) is 85.1 Å². The molecule has 0 aromatic carbocycles. The molecule has 0 heterocycles. The van der Waals surface area contributed by atoms with Crippen molar-refractivity contribution in [3.63, 3.8) is 0 Å². The first kappa shape index (κ1) is 26.0. The molecule has 0 saturated carbocycles. The van der Waals surface area contributed by atoms with Crippen LogP contribution in [-0.2, 0) is 0 Å². The van der Waals surface area contributed by atoms with Crippen LogP contribution in [0, 0.1) is 0 Å². The van der Waals surface area contributed by atoms with E-state index in [1.807, 2.05) is 0 Å². The van der Waals surface area contributed by atoms with Crippen LogP contribution in [0.15, 0.2) is 163 Å².